The van der Waals surface area contributed by atoms with Crippen LogP contribution in [0.3, 0.4) is 0 Å². The molecule has 0 fully saturated rings. The fourth-order valence-corrected chi connectivity index (χ4v) is 2.21. The van der Waals surface area contributed by atoms with Crippen LogP contribution in [0.4, 0.5) is 0 Å². The zero-order valence-electron chi connectivity index (χ0n) is 9.60. The van der Waals surface area contributed by atoms with Gasteiger partial charge in [0.25, 0.3) is 5.91 Å². The maximum atomic E-state index is 11.9. The first-order valence-electron chi connectivity index (χ1n) is 4.59. The highest BCUT2D eigenvalue weighted by molar-refractivity contribution is 9.10. The number of halogens is 1. The monoisotopic (exact) mass is 321 g/mol. The molecule has 0 radical (unpaired) electrons. The summed E-state index contributed by atoms with van der Waals surface area (Å²) in [5.74, 6) is -0.426. The number of hydrogen-bond donors (Lipinski definition) is 0. The maximum absolute atomic E-state index is 11.9. The van der Waals surface area contributed by atoms with E-state index in [2.05, 4.69) is 15.9 Å². The lowest BCUT2D eigenvalue weighted by Crippen LogP contribution is -2.25. The predicted octanol–water partition coefficient (Wildman–Crippen LogP) is 1.49. The second kappa shape index (κ2) is 5.16. The lowest BCUT2D eigenvalue weighted by atomic mass is 10.2. The van der Waals surface area contributed by atoms with Crippen molar-refractivity contribution >= 4 is 31.7 Å². The van der Waals surface area contributed by atoms with Gasteiger partial charge >= 0.3 is 0 Å². The van der Waals surface area contributed by atoms with Crippen LogP contribution >= 0.6 is 15.9 Å². The lowest BCUT2D eigenvalue weighted by molar-refractivity contribution is -0.0757. The van der Waals surface area contributed by atoms with Gasteiger partial charge in [-0.3, -0.25) is 9.63 Å². The fraction of sp³-hybridized carbons (Fsp3) is 0.300. The van der Waals surface area contributed by atoms with Crippen molar-refractivity contribution in [3.05, 3.63) is 28.2 Å². The van der Waals surface area contributed by atoms with Crippen molar-refractivity contribution in [3.8, 4) is 0 Å². The number of sulfone groups is 1. The summed E-state index contributed by atoms with van der Waals surface area (Å²) in [5.41, 5.74) is 0.234. The van der Waals surface area contributed by atoms with Crippen molar-refractivity contribution < 1.29 is 18.0 Å². The molecule has 17 heavy (non-hydrogen) atoms. The predicted molar refractivity (Wildman–Crippen MR) is 66.4 cm³/mol. The van der Waals surface area contributed by atoms with Gasteiger partial charge in [-0.15, -0.1) is 0 Å². The molecule has 1 amide bonds. The molecule has 94 valence electrons. The molecular weight excluding hydrogens is 310 g/mol. The molecule has 1 rings (SSSR count). The first-order valence-corrected chi connectivity index (χ1v) is 7.27. The normalized spacial score (nSPS) is 11.3. The van der Waals surface area contributed by atoms with Crippen LogP contribution in [0.25, 0.3) is 0 Å². The van der Waals surface area contributed by atoms with Crippen LogP contribution in [-0.2, 0) is 14.7 Å². The fourth-order valence-electron chi connectivity index (χ4n) is 1.15. The molecule has 0 aliphatic carbocycles. The lowest BCUT2D eigenvalue weighted by Gasteiger charge is -2.15. The Morgan fingerprint density at radius 2 is 2.00 bits per heavy atom. The third-order valence-corrected chi connectivity index (χ3v) is 3.96. The molecule has 0 saturated carbocycles. The van der Waals surface area contributed by atoms with Gasteiger partial charge < -0.3 is 0 Å². The highest BCUT2D eigenvalue weighted by atomic mass is 79.9. The van der Waals surface area contributed by atoms with Gasteiger partial charge in [-0.2, -0.15) is 0 Å². The Kier molecular flexibility index (Phi) is 4.29. The first kappa shape index (κ1) is 14.1. The molecule has 7 heteroatoms. The number of hydroxylamine groups is 2. The van der Waals surface area contributed by atoms with Gasteiger partial charge in [-0.05, 0) is 34.1 Å². The molecule has 0 aliphatic rings. The average Bonchev–Trinajstić information content (AvgIpc) is 2.26. The number of benzene rings is 1. The van der Waals surface area contributed by atoms with E-state index in [0.29, 0.717) is 4.47 Å². The summed E-state index contributed by atoms with van der Waals surface area (Å²) in [7, 11) is -0.541. The van der Waals surface area contributed by atoms with Gasteiger partial charge in [0.15, 0.2) is 9.84 Å². The molecule has 0 N–H and O–H groups in total. The standard InChI is InChI=1S/C10H12BrNO4S/c1-12(16-2)10(13)8-6-7(17(3,14)15)4-5-9(8)11/h4-6H,1-3H3. The van der Waals surface area contributed by atoms with Crippen molar-refractivity contribution in [2.24, 2.45) is 0 Å². The van der Waals surface area contributed by atoms with E-state index in [1.165, 1.54) is 32.4 Å². The molecule has 0 heterocycles. The Morgan fingerprint density at radius 1 is 1.41 bits per heavy atom. The van der Waals surface area contributed by atoms with E-state index in [0.717, 1.165) is 11.3 Å². The SMILES string of the molecule is CON(C)C(=O)c1cc(S(C)(=O)=O)ccc1Br. The zero-order chi connectivity index (χ0) is 13.2. The van der Waals surface area contributed by atoms with Crippen molar-refractivity contribution in [1.29, 1.82) is 0 Å². The highest BCUT2D eigenvalue weighted by Crippen LogP contribution is 2.22. The zero-order valence-corrected chi connectivity index (χ0v) is 12.0. The maximum Gasteiger partial charge on any atom is 0.278 e. The Hall–Kier alpha value is -0.920. The highest BCUT2D eigenvalue weighted by Gasteiger charge is 2.18. The number of rotatable bonds is 3. The van der Waals surface area contributed by atoms with E-state index in [-0.39, 0.29) is 10.5 Å². The molecule has 0 saturated heterocycles. The van der Waals surface area contributed by atoms with E-state index in [4.69, 9.17) is 4.84 Å². The number of amides is 1. The van der Waals surface area contributed by atoms with Crippen LogP contribution in [0.2, 0.25) is 0 Å². The minimum absolute atomic E-state index is 0.0913. The smallest absolute Gasteiger partial charge is 0.274 e. The summed E-state index contributed by atoms with van der Waals surface area (Å²) in [6.45, 7) is 0. The Morgan fingerprint density at radius 3 is 2.47 bits per heavy atom. The van der Waals surface area contributed by atoms with Crippen LogP contribution < -0.4 is 0 Å². The molecule has 0 aliphatic heterocycles. The first-order chi connectivity index (χ1) is 7.77. The van der Waals surface area contributed by atoms with E-state index in [1.807, 2.05) is 0 Å². The van der Waals surface area contributed by atoms with Crippen molar-refractivity contribution in [2.45, 2.75) is 4.90 Å². The van der Waals surface area contributed by atoms with E-state index < -0.39 is 15.7 Å². The summed E-state index contributed by atoms with van der Waals surface area (Å²) in [6, 6.07) is 4.27. The van der Waals surface area contributed by atoms with E-state index in [9.17, 15) is 13.2 Å². The molecule has 0 unspecified atom stereocenters. The number of nitrogens with zero attached hydrogens (tertiary/aromatic N) is 1. The average molecular weight is 322 g/mol. The molecule has 5 nitrogen and oxygen atoms in total. The summed E-state index contributed by atoms with van der Waals surface area (Å²) in [4.78, 5) is 16.7. The topological polar surface area (TPSA) is 63.7 Å². The number of carbonyl (C=O) groups is 1. The minimum Gasteiger partial charge on any atom is -0.274 e. The Bertz CT molecular complexity index is 541. The van der Waals surface area contributed by atoms with Crippen molar-refractivity contribution in [3.63, 3.8) is 0 Å². The summed E-state index contributed by atoms with van der Waals surface area (Å²) < 4.78 is 23.3. The summed E-state index contributed by atoms with van der Waals surface area (Å²) >= 11 is 3.20. The van der Waals surface area contributed by atoms with E-state index >= 15 is 0 Å². The van der Waals surface area contributed by atoms with Crippen molar-refractivity contribution in [2.75, 3.05) is 20.4 Å². The molecule has 0 atom stereocenters. The van der Waals surface area contributed by atoms with Gasteiger partial charge in [0.1, 0.15) is 0 Å². The van der Waals surface area contributed by atoms with Gasteiger partial charge in [0.2, 0.25) is 0 Å². The molecule has 1 aromatic carbocycles. The quantitative estimate of drug-likeness (QED) is 0.791. The molecule has 0 bridgehead atoms. The molecule has 0 spiro atoms. The van der Waals surface area contributed by atoms with E-state index in [1.54, 1.807) is 0 Å². The van der Waals surface area contributed by atoms with Crippen LogP contribution in [0.15, 0.2) is 27.6 Å². The second-order valence-electron chi connectivity index (χ2n) is 3.40. The largest absolute Gasteiger partial charge is 0.278 e. The third-order valence-electron chi connectivity index (χ3n) is 2.16. The van der Waals surface area contributed by atoms with Crippen LogP contribution in [0.5, 0.6) is 0 Å². The minimum atomic E-state index is -3.34. The van der Waals surface area contributed by atoms with Crippen LogP contribution in [0.1, 0.15) is 10.4 Å². The number of hydrogen-bond acceptors (Lipinski definition) is 4. The van der Waals surface area contributed by atoms with Gasteiger partial charge in [-0.1, -0.05) is 0 Å². The second-order valence-corrected chi connectivity index (χ2v) is 6.27. The van der Waals surface area contributed by atoms with Gasteiger partial charge in [0, 0.05) is 17.8 Å². The Labute approximate surface area is 108 Å². The molecular formula is C10H12BrNO4S. The Balaban J connectivity index is 3.30. The third kappa shape index (κ3) is 3.27. The molecule has 0 aromatic heterocycles. The summed E-state index contributed by atoms with van der Waals surface area (Å²) in [5, 5.41) is 1.02. The van der Waals surface area contributed by atoms with Crippen molar-refractivity contribution in [1.82, 2.24) is 5.06 Å². The van der Waals surface area contributed by atoms with Crippen LogP contribution in [-0.4, -0.2) is 39.8 Å². The molecule has 1 aromatic rings. The number of carbonyl (C=O) groups excluding carboxylic acids is 1. The van der Waals surface area contributed by atoms with Gasteiger partial charge in [0.05, 0.1) is 17.6 Å². The summed E-state index contributed by atoms with van der Waals surface area (Å²) in [6.07, 6.45) is 1.09. The van der Waals surface area contributed by atoms with Crippen LogP contribution in [0, 0.1) is 0 Å². The van der Waals surface area contributed by atoms with Gasteiger partial charge in [-0.25, -0.2) is 13.5 Å².